The molecule has 2 rings (SSSR count). The van der Waals surface area contributed by atoms with Gasteiger partial charge in [-0.15, -0.1) is 0 Å². The highest BCUT2D eigenvalue weighted by Gasteiger charge is 1.98. The van der Waals surface area contributed by atoms with E-state index in [0.29, 0.717) is 0 Å². The number of benzene rings is 1. The fraction of sp³-hybridized carbons (Fsp3) is 0.250. The smallest absolute Gasteiger partial charge is 0.105 e. The van der Waals surface area contributed by atoms with Gasteiger partial charge in [-0.05, 0) is 19.1 Å². The monoisotopic (exact) mass is 235 g/mol. The maximum absolute atomic E-state index is 6.03. The van der Waals surface area contributed by atoms with Gasteiger partial charge in [0.25, 0.3) is 0 Å². The largest absolute Gasteiger partial charge is 0.382 e. The molecule has 16 heavy (non-hydrogen) atoms. The van der Waals surface area contributed by atoms with Crippen LogP contribution >= 0.6 is 11.6 Å². The lowest BCUT2D eigenvalue weighted by Gasteiger charge is -2.09. The van der Waals surface area contributed by atoms with Gasteiger partial charge in [0, 0.05) is 25.5 Å². The van der Waals surface area contributed by atoms with Crippen LogP contribution in [0.15, 0.2) is 36.7 Å². The molecule has 3 nitrogen and oxygen atoms in total. The second-order valence-corrected chi connectivity index (χ2v) is 3.98. The highest BCUT2D eigenvalue weighted by Crippen LogP contribution is 2.19. The standard InChI is InChI=1S/C12H14ClN3/c1-10-14-6-8-16(10)9-7-15-12-5-3-2-4-11(12)13/h2-6,8,15H,7,9H2,1H3. The van der Waals surface area contributed by atoms with Gasteiger partial charge in [0.2, 0.25) is 0 Å². The van der Waals surface area contributed by atoms with Crippen molar-refractivity contribution < 1.29 is 0 Å². The third kappa shape index (κ3) is 2.55. The van der Waals surface area contributed by atoms with Crippen molar-refractivity contribution in [3.63, 3.8) is 0 Å². The first-order valence-electron chi connectivity index (χ1n) is 5.23. The quantitative estimate of drug-likeness (QED) is 0.883. The van der Waals surface area contributed by atoms with Crippen molar-refractivity contribution in [1.82, 2.24) is 9.55 Å². The molecule has 0 amide bonds. The molecule has 1 aromatic heterocycles. The summed E-state index contributed by atoms with van der Waals surface area (Å²) >= 11 is 6.03. The maximum atomic E-state index is 6.03. The average molecular weight is 236 g/mol. The summed E-state index contributed by atoms with van der Waals surface area (Å²) in [4.78, 5) is 4.17. The van der Waals surface area contributed by atoms with Gasteiger partial charge in [-0.25, -0.2) is 4.98 Å². The van der Waals surface area contributed by atoms with Gasteiger partial charge >= 0.3 is 0 Å². The Labute approximate surface area is 100 Å². The fourth-order valence-electron chi connectivity index (χ4n) is 1.56. The number of aryl methyl sites for hydroxylation is 1. The Morgan fingerprint density at radius 1 is 1.38 bits per heavy atom. The van der Waals surface area contributed by atoms with E-state index in [-0.39, 0.29) is 0 Å². The van der Waals surface area contributed by atoms with Gasteiger partial charge in [0.05, 0.1) is 10.7 Å². The highest BCUT2D eigenvalue weighted by atomic mass is 35.5. The molecule has 84 valence electrons. The molecule has 0 spiro atoms. The minimum atomic E-state index is 0.754. The number of rotatable bonds is 4. The molecule has 0 aliphatic heterocycles. The number of para-hydroxylation sites is 1. The van der Waals surface area contributed by atoms with E-state index in [9.17, 15) is 0 Å². The first kappa shape index (κ1) is 11.0. The summed E-state index contributed by atoms with van der Waals surface area (Å²) in [6.45, 7) is 3.72. The molecule has 1 heterocycles. The second kappa shape index (κ2) is 5.03. The molecule has 0 fully saturated rings. The van der Waals surface area contributed by atoms with Crippen molar-refractivity contribution in [2.75, 3.05) is 11.9 Å². The van der Waals surface area contributed by atoms with Crippen molar-refractivity contribution >= 4 is 17.3 Å². The van der Waals surface area contributed by atoms with Gasteiger partial charge in [-0.2, -0.15) is 0 Å². The lowest BCUT2D eigenvalue weighted by molar-refractivity contribution is 0.701. The van der Waals surface area contributed by atoms with Gasteiger partial charge in [0.1, 0.15) is 5.82 Å². The summed E-state index contributed by atoms with van der Waals surface area (Å²) in [5.74, 6) is 1.03. The van der Waals surface area contributed by atoms with Crippen LogP contribution in [0.25, 0.3) is 0 Å². The van der Waals surface area contributed by atoms with Crippen molar-refractivity contribution in [3.05, 3.63) is 47.5 Å². The highest BCUT2D eigenvalue weighted by molar-refractivity contribution is 6.33. The second-order valence-electron chi connectivity index (χ2n) is 3.57. The molecule has 1 aromatic carbocycles. The van der Waals surface area contributed by atoms with Gasteiger partial charge < -0.3 is 9.88 Å². The van der Waals surface area contributed by atoms with E-state index in [0.717, 1.165) is 29.6 Å². The van der Waals surface area contributed by atoms with E-state index in [2.05, 4.69) is 14.9 Å². The predicted molar refractivity (Wildman–Crippen MR) is 66.9 cm³/mol. The Balaban J connectivity index is 1.89. The van der Waals surface area contributed by atoms with Crippen LogP contribution in [-0.4, -0.2) is 16.1 Å². The SMILES string of the molecule is Cc1nccn1CCNc1ccccc1Cl. The molecule has 1 N–H and O–H groups in total. The summed E-state index contributed by atoms with van der Waals surface area (Å²) < 4.78 is 2.10. The number of imidazole rings is 1. The third-order valence-electron chi connectivity index (χ3n) is 2.47. The van der Waals surface area contributed by atoms with Crippen LogP contribution in [0.4, 0.5) is 5.69 Å². The normalized spacial score (nSPS) is 10.4. The van der Waals surface area contributed by atoms with Crippen molar-refractivity contribution in [1.29, 1.82) is 0 Å². The molecule has 0 atom stereocenters. The Morgan fingerprint density at radius 3 is 2.88 bits per heavy atom. The Bertz CT molecular complexity index is 465. The van der Waals surface area contributed by atoms with Crippen LogP contribution < -0.4 is 5.32 Å². The van der Waals surface area contributed by atoms with Crippen LogP contribution in [0.3, 0.4) is 0 Å². The Morgan fingerprint density at radius 2 is 2.19 bits per heavy atom. The predicted octanol–water partition coefficient (Wildman–Crippen LogP) is 2.96. The first-order valence-corrected chi connectivity index (χ1v) is 5.61. The van der Waals surface area contributed by atoms with Gasteiger partial charge in [-0.1, -0.05) is 23.7 Å². The molecule has 0 saturated carbocycles. The Kier molecular flexibility index (Phi) is 3.47. The lowest BCUT2D eigenvalue weighted by atomic mass is 10.3. The van der Waals surface area contributed by atoms with E-state index < -0.39 is 0 Å². The van der Waals surface area contributed by atoms with E-state index in [1.54, 1.807) is 0 Å². The maximum Gasteiger partial charge on any atom is 0.105 e. The first-order chi connectivity index (χ1) is 7.77. The fourth-order valence-corrected chi connectivity index (χ4v) is 1.76. The zero-order valence-corrected chi connectivity index (χ0v) is 9.91. The van der Waals surface area contributed by atoms with Crippen molar-refractivity contribution in [2.24, 2.45) is 0 Å². The molecule has 0 unspecified atom stereocenters. The average Bonchev–Trinajstić information content (AvgIpc) is 2.67. The van der Waals surface area contributed by atoms with Gasteiger partial charge in [-0.3, -0.25) is 0 Å². The summed E-state index contributed by atoms with van der Waals surface area (Å²) in [5, 5.41) is 4.05. The molecule has 2 aromatic rings. The van der Waals surface area contributed by atoms with Crippen LogP contribution in [-0.2, 0) is 6.54 Å². The number of nitrogens with one attached hydrogen (secondary N) is 1. The summed E-state index contributed by atoms with van der Waals surface area (Å²) in [6, 6.07) is 7.75. The van der Waals surface area contributed by atoms with Crippen molar-refractivity contribution in [3.8, 4) is 0 Å². The Hall–Kier alpha value is -1.48. The summed E-state index contributed by atoms with van der Waals surface area (Å²) in [6.07, 6.45) is 3.79. The van der Waals surface area contributed by atoms with Crippen LogP contribution in [0.5, 0.6) is 0 Å². The molecule has 0 bridgehead atoms. The topological polar surface area (TPSA) is 29.9 Å². The van der Waals surface area contributed by atoms with E-state index in [1.807, 2.05) is 43.6 Å². The molecule has 0 saturated heterocycles. The van der Waals surface area contributed by atoms with Crippen molar-refractivity contribution in [2.45, 2.75) is 13.5 Å². The van der Waals surface area contributed by atoms with Gasteiger partial charge in [0.15, 0.2) is 0 Å². The zero-order valence-electron chi connectivity index (χ0n) is 9.15. The number of nitrogens with zero attached hydrogens (tertiary/aromatic N) is 2. The molecular formula is C12H14ClN3. The van der Waals surface area contributed by atoms with Crippen LogP contribution in [0.1, 0.15) is 5.82 Å². The minimum absolute atomic E-state index is 0.754. The molecular weight excluding hydrogens is 222 g/mol. The lowest BCUT2D eigenvalue weighted by Crippen LogP contribution is -2.11. The van der Waals surface area contributed by atoms with Crippen LogP contribution in [0.2, 0.25) is 5.02 Å². The number of halogens is 1. The zero-order chi connectivity index (χ0) is 11.4. The third-order valence-corrected chi connectivity index (χ3v) is 2.80. The minimum Gasteiger partial charge on any atom is -0.382 e. The number of anilines is 1. The number of hydrogen-bond acceptors (Lipinski definition) is 2. The molecule has 4 heteroatoms. The number of hydrogen-bond donors (Lipinski definition) is 1. The summed E-state index contributed by atoms with van der Waals surface area (Å²) in [5.41, 5.74) is 0.974. The summed E-state index contributed by atoms with van der Waals surface area (Å²) in [7, 11) is 0. The molecule has 0 aliphatic rings. The van der Waals surface area contributed by atoms with E-state index in [1.165, 1.54) is 0 Å². The molecule has 0 radical (unpaired) electrons. The van der Waals surface area contributed by atoms with E-state index in [4.69, 9.17) is 11.6 Å². The van der Waals surface area contributed by atoms with Crippen LogP contribution in [0, 0.1) is 6.92 Å². The van der Waals surface area contributed by atoms with E-state index >= 15 is 0 Å². The molecule has 0 aliphatic carbocycles. The number of aromatic nitrogens is 2.